The van der Waals surface area contributed by atoms with E-state index < -0.39 is 0 Å². The Labute approximate surface area is 154 Å². The van der Waals surface area contributed by atoms with Gasteiger partial charge in [-0.3, -0.25) is 4.68 Å². The molecule has 1 aromatic carbocycles. The number of aromatic nitrogens is 2. The minimum Gasteiger partial charge on any atom is -0.493 e. The quantitative estimate of drug-likeness (QED) is 0.773. The lowest BCUT2D eigenvalue weighted by Gasteiger charge is -2.14. The van der Waals surface area contributed by atoms with Crippen LogP contribution in [0.3, 0.4) is 0 Å². The van der Waals surface area contributed by atoms with Gasteiger partial charge in [0, 0.05) is 25.7 Å². The van der Waals surface area contributed by atoms with Crippen LogP contribution in [0.2, 0.25) is 5.15 Å². The number of halogens is 1. The molecule has 2 aromatic rings. The van der Waals surface area contributed by atoms with Gasteiger partial charge in [-0.1, -0.05) is 25.4 Å². The molecule has 0 unspecified atom stereocenters. The van der Waals surface area contributed by atoms with E-state index in [1.807, 2.05) is 19.2 Å². The highest BCUT2D eigenvalue weighted by Gasteiger charge is 2.17. The number of nitrogens with one attached hydrogen (secondary N) is 1. The minimum atomic E-state index is 0.316. The molecular formula is C18H26ClN3O3. The number of benzene rings is 1. The SMILES string of the molecule is COc1cc(CNCc2c(C(C)C)nn(C)c2Cl)cc(OC)c1OC. The van der Waals surface area contributed by atoms with Gasteiger partial charge in [0.25, 0.3) is 0 Å². The fourth-order valence-corrected chi connectivity index (χ4v) is 2.96. The second kappa shape index (κ2) is 8.45. The third-order valence-corrected chi connectivity index (χ3v) is 4.48. The van der Waals surface area contributed by atoms with Crippen LogP contribution in [-0.2, 0) is 20.1 Å². The molecule has 1 heterocycles. The van der Waals surface area contributed by atoms with Gasteiger partial charge in [0.1, 0.15) is 5.15 Å². The maximum atomic E-state index is 6.38. The average Bonchev–Trinajstić information content (AvgIpc) is 2.89. The molecule has 0 saturated carbocycles. The second-order valence-corrected chi connectivity index (χ2v) is 6.43. The Morgan fingerprint density at radius 2 is 1.68 bits per heavy atom. The van der Waals surface area contributed by atoms with Crippen molar-refractivity contribution in [3.05, 3.63) is 34.1 Å². The van der Waals surface area contributed by atoms with Crippen molar-refractivity contribution >= 4 is 11.6 Å². The number of methoxy groups -OCH3 is 3. The summed E-state index contributed by atoms with van der Waals surface area (Å²) in [7, 11) is 6.67. The Kier molecular flexibility index (Phi) is 6.56. The van der Waals surface area contributed by atoms with Crippen molar-refractivity contribution in [3.8, 4) is 17.2 Å². The predicted molar refractivity (Wildman–Crippen MR) is 98.9 cm³/mol. The molecule has 0 amide bonds. The van der Waals surface area contributed by atoms with E-state index in [9.17, 15) is 0 Å². The molecule has 6 nitrogen and oxygen atoms in total. The fraction of sp³-hybridized carbons (Fsp3) is 0.500. The van der Waals surface area contributed by atoms with Crippen LogP contribution in [0.4, 0.5) is 0 Å². The van der Waals surface area contributed by atoms with Gasteiger partial charge in [0.2, 0.25) is 5.75 Å². The van der Waals surface area contributed by atoms with Crippen LogP contribution >= 0.6 is 11.6 Å². The predicted octanol–water partition coefficient (Wildman–Crippen LogP) is 3.51. The zero-order valence-electron chi connectivity index (χ0n) is 15.6. The Morgan fingerprint density at radius 1 is 1.08 bits per heavy atom. The van der Waals surface area contributed by atoms with Gasteiger partial charge in [0.15, 0.2) is 11.5 Å². The Balaban J connectivity index is 2.15. The summed E-state index contributed by atoms with van der Waals surface area (Å²) < 4.78 is 17.8. The third kappa shape index (κ3) is 4.19. The molecule has 0 fully saturated rings. The van der Waals surface area contributed by atoms with Gasteiger partial charge >= 0.3 is 0 Å². The van der Waals surface area contributed by atoms with Gasteiger partial charge in [-0.05, 0) is 23.6 Å². The van der Waals surface area contributed by atoms with Crippen LogP contribution in [-0.4, -0.2) is 31.1 Å². The number of nitrogens with zero attached hydrogens (tertiary/aromatic N) is 2. The van der Waals surface area contributed by atoms with Crippen molar-refractivity contribution in [2.45, 2.75) is 32.9 Å². The summed E-state index contributed by atoms with van der Waals surface area (Å²) in [4.78, 5) is 0. The first-order chi connectivity index (χ1) is 11.9. The molecule has 0 radical (unpaired) electrons. The summed E-state index contributed by atoms with van der Waals surface area (Å²) in [6.45, 7) is 5.50. The summed E-state index contributed by atoms with van der Waals surface area (Å²) in [5.74, 6) is 2.18. The van der Waals surface area contributed by atoms with Gasteiger partial charge in [-0.2, -0.15) is 5.10 Å². The highest BCUT2D eigenvalue weighted by molar-refractivity contribution is 6.30. The molecular weight excluding hydrogens is 342 g/mol. The Morgan fingerprint density at radius 3 is 2.16 bits per heavy atom. The molecule has 0 aliphatic heterocycles. The van der Waals surface area contributed by atoms with Crippen LogP contribution in [0.25, 0.3) is 0 Å². The molecule has 0 atom stereocenters. The second-order valence-electron chi connectivity index (χ2n) is 6.07. The van der Waals surface area contributed by atoms with Gasteiger partial charge < -0.3 is 19.5 Å². The van der Waals surface area contributed by atoms with Crippen molar-refractivity contribution < 1.29 is 14.2 Å². The van der Waals surface area contributed by atoms with Crippen LogP contribution in [0.15, 0.2) is 12.1 Å². The first-order valence-corrected chi connectivity index (χ1v) is 8.51. The summed E-state index contributed by atoms with van der Waals surface area (Å²) in [5, 5.41) is 8.59. The normalized spacial score (nSPS) is 11.0. The lowest BCUT2D eigenvalue weighted by molar-refractivity contribution is 0.323. The summed E-state index contributed by atoms with van der Waals surface area (Å²) >= 11 is 6.38. The first kappa shape index (κ1) is 19.4. The molecule has 0 aliphatic rings. The maximum Gasteiger partial charge on any atom is 0.203 e. The van der Waals surface area contributed by atoms with Gasteiger partial charge in [-0.25, -0.2) is 0 Å². The molecule has 0 spiro atoms. The lowest BCUT2D eigenvalue weighted by atomic mass is 10.1. The first-order valence-electron chi connectivity index (χ1n) is 8.13. The molecule has 0 saturated heterocycles. The molecule has 1 N–H and O–H groups in total. The van der Waals surface area contributed by atoms with Crippen molar-refractivity contribution in [2.24, 2.45) is 7.05 Å². The van der Waals surface area contributed by atoms with E-state index >= 15 is 0 Å². The molecule has 25 heavy (non-hydrogen) atoms. The van der Waals surface area contributed by atoms with E-state index in [0.29, 0.717) is 41.4 Å². The van der Waals surface area contributed by atoms with E-state index in [2.05, 4.69) is 24.3 Å². The highest BCUT2D eigenvalue weighted by Crippen LogP contribution is 2.38. The van der Waals surface area contributed by atoms with E-state index in [1.54, 1.807) is 26.0 Å². The topological polar surface area (TPSA) is 57.5 Å². The van der Waals surface area contributed by atoms with Crippen molar-refractivity contribution in [3.63, 3.8) is 0 Å². The van der Waals surface area contributed by atoms with Crippen molar-refractivity contribution in [1.82, 2.24) is 15.1 Å². The van der Waals surface area contributed by atoms with E-state index in [0.717, 1.165) is 16.8 Å². The number of aryl methyl sites for hydroxylation is 1. The number of ether oxygens (including phenoxy) is 3. The highest BCUT2D eigenvalue weighted by atomic mass is 35.5. The molecule has 0 aliphatic carbocycles. The standard InChI is InChI=1S/C18H26ClN3O3/c1-11(2)16-13(18(19)22(3)21-16)10-20-9-12-7-14(23-4)17(25-6)15(8-12)24-5/h7-8,11,20H,9-10H2,1-6H3. The van der Waals surface area contributed by atoms with Crippen LogP contribution in [0.5, 0.6) is 17.2 Å². The third-order valence-electron chi connectivity index (χ3n) is 4.00. The summed E-state index contributed by atoms with van der Waals surface area (Å²) in [5.41, 5.74) is 3.08. The summed E-state index contributed by atoms with van der Waals surface area (Å²) in [6, 6.07) is 3.87. The molecule has 2 rings (SSSR count). The zero-order chi connectivity index (χ0) is 18.6. The number of hydrogen-bond acceptors (Lipinski definition) is 5. The minimum absolute atomic E-state index is 0.316. The molecule has 138 valence electrons. The zero-order valence-corrected chi connectivity index (χ0v) is 16.4. The largest absolute Gasteiger partial charge is 0.493 e. The summed E-state index contributed by atoms with van der Waals surface area (Å²) in [6.07, 6.45) is 0. The van der Waals surface area contributed by atoms with Crippen molar-refractivity contribution in [1.29, 1.82) is 0 Å². The Bertz CT molecular complexity index is 704. The monoisotopic (exact) mass is 367 g/mol. The molecule has 0 bridgehead atoms. The van der Waals surface area contributed by atoms with Crippen molar-refractivity contribution in [2.75, 3.05) is 21.3 Å². The van der Waals surface area contributed by atoms with E-state index in [-0.39, 0.29) is 0 Å². The van der Waals surface area contributed by atoms with Gasteiger partial charge in [-0.15, -0.1) is 0 Å². The fourth-order valence-electron chi connectivity index (χ4n) is 2.76. The number of rotatable bonds is 8. The Hall–Kier alpha value is -1.92. The van der Waals surface area contributed by atoms with Crippen LogP contribution < -0.4 is 19.5 Å². The molecule has 1 aromatic heterocycles. The number of hydrogen-bond donors (Lipinski definition) is 1. The van der Waals surface area contributed by atoms with Gasteiger partial charge in [0.05, 0.1) is 27.0 Å². The smallest absolute Gasteiger partial charge is 0.203 e. The molecule has 7 heteroatoms. The van der Waals surface area contributed by atoms with E-state index in [4.69, 9.17) is 25.8 Å². The van der Waals surface area contributed by atoms with Crippen LogP contribution in [0.1, 0.15) is 36.6 Å². The maximum absolute atomic E-state index is 6.38. The van der Waals surface area contributed by atoms with E-state index in [1.165, 1.54) is 0 Å². The van der Waals surface area contributed by atoms with Crippen LogP contribution in [0, 0.1) is 0 Å². The lowest BCUT2D eigenvalue weighted by Crippen LogP contribution is -2.14. The average molecular weight is 368 g/mol.